The lowest BCUT2D eigenvalue weighted by molar-refractivity contribution is 0.268. The number of hydrogen-bond donors (Lipinski definition) is 1. The molecule has 0 saturated carbocycles. The van der Waals surface area contributed by atoms with Crippen molar-refractivity contribution < 1.29 is 4.39 Å². The first-order valence-corrected chi connectivity index (χ1v) is 9.42. The summed E-state index contributed by atoms with van der Waals surface area (Å²) in [6, 6.07) is 20.7. The van der Waals surface area contributed by atoms with Gasteiger partial charge in [0.05, 0.1) is 11.4 Å². The van der Waals surface area contributed by atoms with Crippen LogP contribution in [0.25, 0.3) is 16.9 Å². The van der Waals surface area contributed by atoms with Gasteiger partial charge >= 0.3 is 0 Å². The third-order valence-corrected chi connectivity index (χ3v) is 4.93. The minimum Gasteiger partial charge on any atom is -0.398 e. The third kappa shape index (κ3) is 3.75. The van der Waals surface area contributed by atoms with Gasteiger partial charge in [0.15, 0.2) is 0 Å². The highest BCUT2D eigenvalue weighted by molar-refractivity contribution is 5.67. The van der Waals surface area contributed by atoms with Crippen LogP contribution >= 0.6 is 0 Å². The molecule has 0 unspecified atom stereocenters. The maximum atomic E-state index is 13.4. The van der Waals surface area contributed by atoms with Crippen LogP contribution in [0.2, 0.25) is 0 Å². The molecule has 2 aromatic heterocycles. The van der Waals surface area contributed by atoms with E-state index >= 15 is 0 Å². The van der Waals surface area contributed by atoms with Gasteiger partial charge in [0.2, 0.25) is 0 Å². The molecular weight excluding hydrogens is 351 g/mol. The van der Waals surface area contributed by atoms with Crippen molar-refractivity contribution in [2.75, 3.05) is 12.3 Å². The van der Waals surface area contributed by atoms with Crippen LogP contribution in [0.4, 0.5) is 10.1 Å². The number of halogens is 1. The van der Waals surface area contributed by atoms with Crippen molar-refractivity contribution in [1.29, 1.82) is 0 Å². The summed E-state index contributed by atoms with van der Waals surface area (Å²) in [6.07, 6.45) is 1.90. The van der Waals surface area contributed by atoms with E-state index in [9.17, 15) is 4.39 Å². The van der Waals surface area contributed by atoms with Gasteiger partial charge in [-0.1, -0.05) is 37.3 Å². The van der Waals surface area contributed by atoms with Gasteiger partial charge in [0.1, 0.15) is 11.5 Å². The van der Waals surface area contributed by atoms with E-state index < -0.39 is 0 Å². The summed E-state index contributed by atoms with van der Waals surface area (Å²) in [5.41, 5.74) is 11.6. The highest BCUT2D eigenvalue weighted by atomic mass is 19.1. The molecule has 0 aliphatic rings. The molecule has 0 saturated heterocycles. The first-order valence-electron chi connectivity index (χ1n) is 9.42. The van der Waals surface area contributed by atoms with Crippen LogP contribution in [-0.4, -0.2) is 20.8 Å². The van der Waals surface area contributed by atoms with Gasteiger partial charge in [-0.2, -0.15) is 0 Å². The molecule has 0 radical (unpaired) electrons. The zero-order chi connectivity index (χ0) is 19.5. The summed E-state index contributed by atoms with van der Waals surface area (Å²) in [5.74, 6) is -0.252. The average molecular weight is 374 g/mol. The fourth-order valence-electron chi connectivity index (χ4n) is 3.43. The lowest BCUT2D eigenvalue weighted by Crippen LogP contribution is -2.23. The number of nitrogens with zero attached hydrogens (tertiary/aromatic N) is 3. The molecule has 4 nitrogen and oxygen atoms in total. The summed E-state index contributed by atoms with van der Waals surface area (Å²) >= 11 is 0. The molecule has 0 aliphatic heterocycles. The van der Waals surface area contributed by atoms with Crippen molar-refractivity contribution in [3.63, 3.8) is 0 Å². The Morgan fingerprint density at radius 1 is 0.964 bits per heavy atom. The molecule has 142 valence electrons. The van der Waals surface area contributed by atoms with Crippen LogP contribution < -0.4 is 5.73 Å². The summed E-state index contributed by atoms with van der Waals surface area (Å²) in [6.45, 7) is 4.60. The number of hydrogen-bond acceptors (Lipinski definition) is 3. The lowest BCUT2D eigenvalue weighted by atomic mass is 10.1. The number of aromatic nitrogens is 2. The Morgan fingerprint density at radius 3 is 2.43 bits per heavy atom. The van der Waals surface area contributed by atoms with E-state index in [-0.39, 0.29) is 5.82 Å². The van der Waals surface area contributed by atoms with Crippen molar-refractivity contribution in [3.8, 4) is 11.3 Å². The van der Waals surface area contributed by atoms with Crippen LogP contribution in [-0.2, 0) is 13.1 Å². The SMILES string of the molecule is CCN(Cc1ccccc1)Cc1c(-c2ccc(F)cc2)nc2ccc(N)cn12. The second-order valence-electron chi connectivity index (χ2n) is 6.89. The van der Waals surface area contributed by atoms with E-state index in [1.807, 2.05) is 28.8 Å². The zero-order valence-corrected chi connectivity index (χ0v) is 15.8. The number of pyridine rings is 1. The van der Waals surface area contributed by atoms with E-state index in [1.165, 1.54) is 17.7 Å². The highest BCUT2D eigenvalue weighted by Crippen LogP contribution is 2.27. The van der Waals surface area contributed by atoms with Crippen LogP contribution in [0.1, 0.15) is 18.2 Å². The van der Waals surface area contributed by atoms with Crippen molar-refractivity contribution in [1.82, 2.24) is 14.3 Å². The topological polar surface area (TPSA) is 46.6 Å². The normalized spacial score (nSPS) is 11.4. The number of rotatable bonds is 6. The fraction of sp³-hybridized carbons (Fsp3) is 0.174. The molecule has 2 heterocycles. The van der Waals surface area contributed by atoms with Gasteiger partial charge in [-0.25, -0.2) is 9.37 Å². The Hall–Kier alpha value is -3.18. The smallest absolute Gasteiger partial charge is 0.137 e. The Balaban J connectivity index is 1.76. The van der Waals surface area contributed by atoms with Crippen LogP contribution in [0, 0.1) is 5.82 Å². The predicted octanol–water partition coefficient (Wildman–Crippen LogP) is 4.74. The van der Waals surface area contributed by atoms with Gasteiger partial charge < -0.3 is 10.1 Å². The van der Waals surface area contributed by atoms with E-state index in [0.29, 0.717) is 12.2 Å². The third-order valence-electron chi connectivity index (χ3n) is 4.93. The molecule has 5 heteroatoms. The molecule has 0 amide bonds. The second-order valence-corrected chi connectivity index (χ2v) is 6.89. The molecule has 2 aromatic carbocycles. The standard InChI is InChI=1S/C23H23FN4/c1-2-27(14-17-6-4-3-5-7-17)16-21-23(18-8-10-19(24)11-9-18)26-22-13-12-20(25)15-28(21)22/h3-13,15H,2,14,16,25H2,1H3. The van der Waals surface area contributed by atoms with Gasteiger partial charge in [0.25, 0.3) is 0 Å². The Labute approximate surface area is 164 Å². The molecule has 4 aromatic rings. The molecule has 28 heavy (non-hydrogen) atoms. The zero-order valence-electron chi connectivity index (χ0n) is 15.8. The number of fused-ring (bicyclic) bond motifs is 1. The Bertz CT molecular complexity index is 1070. The number of anilines is 1. The molecule has 0 atom stereocenters. The van der Waals surface area contributed by atoms with E-state index in [4.69, 9.17) is 10.7 Å². The quantitative estimate of drug-likeness (QED) is 0.530. The van der Waals surface area contributed by atoms with E-state index in [1.54, 1.807) is 12.1 Å². The summed E-state index contributed by atoms with van der Waals surface area (Å²) < 4.78 is 15.5. The van der Waals surface area contributed by atoms with Gasteiger partial charge in [-0.3, -0.25) is 4.90 Å². The maximum absolute atomic E-state index is 13.4. The van der Waals surface area contributed by atoms with E-state index in [0.717, 1.165) is 35.7 Å². The van der Waals surface area contributed by atoms with Crippen LogP contribution in [0.3, 0.4) is 0 Å². The van der Waals surface area contributed by atoms with Crippen molar-refractivity contribution in [2.24, 2.45) is 0 Å². The van der Waals surface area contributed by atoms with Gasteiger partial charge in [0, 0.05) is 30.5 Å². The number of benzene rings is 2. The van der Waals surface area contributed by atoms with E-state index in [2.05, 4.69) is 36.1 Å². The van der Waals surface area contributed by atoms with Crippen LogP contribution in [0.5, 0.6) is 0 Å². The first-order chi connectivity index (χ1) is 13.6. The molecule has 0 aliphatic carbocycles. The van der Waals surface area contributed by atoms with Crippen molar-refractivity contribution in [3.05, 3.63) is 90.0 Å². The fourth-order valence-corrected chi connectivity index (χ4v) is 3.43. The summed E-state index contributed by atoms with van der Waals surface area (Å²) in [4.78, 5) is 7.16. The second kappa shape index (κ2) is 7.82. The lowest BCUT2D eigenvalue weighted by Gasteiger charge is -2.21. The van der Waals surface area contributed by atoms with Crippen molar-refractivity contribution in [2.45, 2.75) is 20.0 Å². The molecule has 4 rings (SSSR count). The van der Waals surface area contributed by atoms with Crippen molar-refractivity contribution >= 4 is 11.3 Å². The molecule has 2 N–H and O–H groups in total. The van der Waals surface area contributed by atoms with Crippen LogP contribution in [0.15, 0.2) is 72.9 Å². The predicted molar refractivity (Wildman–Crippen MR) is 111 cm³/mol. The molecule has 0 spiro atoms. The average Bonchev–Trinajstić information content (AvgIpc) is 3.06. The largest absolute Gasteiger partial charge is 0.398 e. The van der Waals surface area contributed by atoms with Gasteiger partial charge in [-0.05, 0) is 48.5 Å². The minimum absolute atomic E-state index is 0.252. The molecular formula is C23H23FN4. The molecule has 0 bridgehead atoms. The Morgan fingerprint density at radius 2 is 1.71 bits per heavy atom. The Kier molecular flexibility index (Phi) is 5.08. The minimum atomic E-state index is -0.252. The van der Waals surface area contributed by atoms with Gasteiger partial charge in [-0.15, -0.1) is 0 Å². The first kappa shape index (κ1) is 18.2. The monoisotopic (exact) mass is 374 g/mol. The number of nitrogens with two attached hydrogens (primary N) is 1. The summed E-state index contributed by atoms with van der Waals surface area (Å²) in [5, 5.41) is 0. The number of imidazole rings is 1. The summed E-state index contributed by atoms with van der Waals surface area (Å²) in [7, 11) is 0. The highest BCUT2D eigenvalue weighted by Gasteiger charge is 2.17. The molecule has 0 fully saturated rings. The maximum Gasteiger partial charge on any atom is 0.137 e. The number of nitrogen functional groups attached to an aromatic ring is 1.